The van der Waals surface area contributed by atoms with Gasteiger partial charge in [-0.05, 0) is 41.8 Å². The Morgan fingerprint density at radius 2 is 1.95 bits per heavy atom. The van der Waals surface area contributed by atoms with Crippen molar-refractivity contribution in [1.82, 2.24) is 5.32 Å². The first kappa shape index (κ1) is 15.8. The van der Waals surface area contributed by atoms with E-state index in [0.717, 1.165) is 23.0 Å². The van der Waals surface area contributed by atoms with E-state index >= 15 is 0 Å². The van der Waals surface area contributed by atoms with Crippen LogP contribution in [0.2, 0.25) is 10.0 Å². The van der Waals surface area contributed by atoms with Gasteiger partial charge in [-0.3, -0.25) is 0 Å². The van der Waals surface area contributed by atoms with Crippen molar-refractivity contribution in [2.24, 2.45) is 0 Å². The molecule has 1 unspecified atom stereocenters. The van der Waals surface area contributed by atoms with Crippen molar-refractivity contribution in [3.8, 4) is 0 Å². The second kappa shape index (κ2) is 7.46. The van der Waals surface area contributed by atoms with E-state index in [1.165, 1.54) is 5.56 Å². The summed E-state index contributed by atoms with van der Waals surface area (Å²) in [5, 5.41) is 4.92. The van der Waals surface area contributed by atoms with Crippen molar-refractivity contribution < 1.29 is 0 Å². The molecular formula is C16H16BrCl2N. The summed E-state index contributed by atoms with van der Waals surface area (Å²) in [7, 11) is 0. The first-order valence-corrected chi connectivity index (χ1v) is 8.08. The molecule has 0 heterocycles. The highest BCUT2D eigenvalue weighted by atomic mass is 79.9. The fourth-order valence-corrected chi connectivity index (χ4v) is 3.13. The van der Waals surface area contributed by atoms with Gasteiger partial charge < -0.3 is 5.32 Å². The Balaban J connectivity index is 2.09. The van der Waals surface area contributed by atoms with Gasteiger partial charge in [0.1, 0.15) is 0 Å². The van der Waals surface area contributed by atoms with Crippen molar-refractivity contribution in [3.05, 3.63) is 68.1 Å². The summed E-state index contributed by atoms with van der Waals surface area (Å²) >= 11 is 15.7. The van der Waals surface area contributed by atoms with Crippen LogP contribution in [0, 0.1) is 0 Å². The van der Waals surface area contributed by atoms with E-state index in [0.29, 0.717) is 10.0 Å². The van der Waals surface area contributed by atoms with Gasteiger partial charge in [-0.25, -0.2) is 0 Å². The van der Waals surface area contributed by atoms with Gasteiger partial charge in [-0.2, -0.15) is 0 Å². The molecule has 2 aromatic rings. The Labute approximate surface area is 138 Å². The molecule has 1 N–H and O–H groups in total. The number of hydrogen-bond donors (Lipinski definition) is 1. The highest BCUT2D eigenvalue weighted by Gasteiger charge is 2.12. The van der Waals surface area contributed by atoms with Crippen LogP contribution in [-0.2, 0) is 6.54 Å². The number of nitrogens with one attached hydrogen (secondary N) is 1. The van der Waals surface area contributed by atoms with Crippen LogP contribution < -0.4 is 5.32 Å². The van der Waals surface area contributed by atoms with Crippen LogP contribution in [0.5, 0.6) is 0 Å². The average Bonchev–Trinajstić information content (AvgIpc) is 2.41. The number of hydrogen-bond acceptors (Lipinski definition) is 1. The third kappa shape index (κ3) is 4.23. The Kier molecular flexibility index (Phi) is 5.91. The Morgan fingerprint density at radius 3 is 2.60 bits per heavy atom. The summed E-state index contributed by atoms with van der Waals surface area (Å²) in [5.41, 5.74) is 2.33. The predicted molar refractivity (Wildman–Crippen MR) is 90.5 cm³/mol. The quantitative estimate of drug-likeness (QED) is 0.678. The van der Waals surface area contributed by atoms with E-state index in [2.05, 4.69) is 40.3 Å². The maximum Gasteiger partial charge on any atom is 0.0468 e. The largest absolute Gasteiger partial charge is 0.306 e. The lowest BCUT2D eigenvalue weighted by molar-refractivity contribution is 0.519. The second-order valence-electron chi connectivity index (χ2n) is 4.64. The molecule has 20 heavy (non-hydrogen) atoms. The molecule has 0 amide bonds. The molecule has 0 bridgehead atoms. The molecule has 4 heteroatoms. The normalized spacial score (nSPS) is 12.4. The zero-order chi connectivity index (χ0) is 14.5. The van der Waals surface area contributed by atoms with E-state index < -0.39 is 0 Å². The van der Waals surface area contributed by atoms with E-state index in [1.807, 2.05) is 24.3 Å². The lowest BCUT2D eigenvalue weighted by Crippen LogP contribution is -2.20. The number of benzene rings is 2. The van der Waals surface area contributed by atoms with Crippen molar-refractivity contribution in [1.29, 1.82) is 0 Å². The van der Waals surface area contributed by atoms with Gasteiger partial charge in [0.25, 0.3) is 0 Å². The fraction of sp³-hybridized carbons (Fsp3) is 0.250. The van der Waals surface area contributed by atoms with Crippen LogP contribution in [-0.4, -0.2) is 0 Å². The van der Waals surface area contributed by atoms with Crippen molar-refractivity contribution in [3.63, 3.8) is 0 Å². The molecule has 2 rings (SSSR count). The Morgan fingerprint density at radius 1 is 1.15 bits per heavy atom. The van der Waals surface area contributed by atoms with E-state index in [-0.39, 0.29) is 6.04 Å². The first-order chi connectivity index (χ1) is 9.60. The summed E-state index contributed by atoms with van der Waals surface area (Å²) in [6.07, 6.45) is 0.968. The average molecular weight is 373 g/mol. The van der Waals surface area contributed by atoms with Crippen LogP contribution in [0.25, 0.3) is 0 Å². The minimum atomic E-state index is 0.221. The topological polar surface area (TPSA) is 12.0 Å². The lowest BCUT2D eigenvalue weighted by Gasteiger charge is -2.19. The molecule has 0 aliphatic heterocycles. The smallest absolute Gasteiger partial charge is 0.0468 e. The van der Waals surface area contributed by atoms with Crippen molar-refractivity contribution in [2.75, 3.05) is 0 Å². The third-order valence-corrected chi connectivity index (χ3v) is 4.24. The summed E-state index contributed by atoms with van der Waals surface area (Å²) in [6.45, 7) is 2.94. The third-order valence-electron chi connectivity index (χ3n) is 3.19. The highest BCUT2D eigenvalue weighted by Crippen LogP contribution is 2.28. The minimum absolute atomic E-state index is 0.221. The van der Waals surface area contributed by atoms with E-state index in [4.69, 9.17) is 23.2 Å². The molecule has 0 aliphatic rings. The molecule has 0 aromatic heterocycles. The molecule has 0 spiro atoms. The lowest BCUT2D eigenvalue weighted by atomic mass is 10.0. The molecular weight excluding hydrogens is 357 g/mol. The summed E-state index contributed by atoms with van der Waals surface area (Å²) < 4.78 is 1.09. The molecule has 1 atom stereocenters. The molecule has 0 aliphatic carbocycles. The van der Waals surface area contributed by atoms with Gasteiger partial charge >= 0.3 is 0 Å². The number of halogens is 3. The van der Waals surface area contributed by atoms with E-state index in [1.54, 1.807) is 6.07 Å². The summed E-state index contributed by atoms with van der Waals surface area (Å²) in [5.74, 6) is 0. The minimum Gasteiger partial charge on any atom is -0.306 e. The number of rotatable bonds is 5. The predicted octanol–water partition coefficient (Wildman–Crippen LogP) is 6.00. The van der Waals surface area contributed by atoms with Gasteiger partial charge in [0.2, 0.25) is 0 Å². The zero-order valence-corrected chi connectivity index (χ0v) is 14.3. The zero-order valence-electron chi connectivity index (χ0n) is 11.2. The Hall–Kier alpha value is -0.540. The van der Waals surface area contributed by atoms with Gasteiger partial charge in [-0.1, -0.05) is 64.3 Å². The van der Waals surface area contributed by atoms with Crippen LogP contribution in [0.3, 0.4) is 0 Å². The summed E-state index contributed by atoms with van der Waals surface area (Å²) in [6, 6.07) is 14.2. The highest BCUT2D eigenvalue weighted by molar-refractivity contribution is 9.10. The molecule has 0 saturated heterocycles. The van der Waals surface area contributed by atoms with Gasteiger partial charge in [0.15, 0.2) is 0 Å². The molecule has 0 radical (unpaired) electrons. The SMILES string of the molecule is CCC(NCc1cccc(Br)c1)c1ccc(Cl)cc1Cl. The van der Waals surface area contributed by atoms with Crippen LogP contribution in [0.15, 0.2) is 46.9 Å². The molecule has 1 nitrogen and oxygen atoms in total. The van der Waals surface area contributed by atoms with E-state index in [9.17, 15) is 0 Å². The van der Waals surface area contributed by atoms with Crippen LogP contribution >= 0.6 is 39.1 Å². The van der Waals surface area contributed by atoms with Crippen LogP contribution in [0.4, 0.5) is 0 Å². The van der Waals surface area contributed by atoms with Crippen molar-refractivity contribution in [2.45, 2.75) is 25.9 Å². The molecule has 0 fully saturated rings. The van der Waals surface area contributed by atoms with Gasteiger partial charge in [0.05, 0.1) is 0 Å². The first-order valence-electron chi connectivity index (χ1n) is 6.53. The van der Waals surface area contributed by atoms with Gasteiger partial charge in [0, 0.05) is 27.1 Å². The molecule has 0 saturated carbocycles. The monoisotopic (exact) mass is 371 g/mol. The standard InChI is InChI=1S/C16H16BrCl2N/c1-2-16(14-7-6-13(18)9-15(14)19)20-10-11-4-3-5-12(17)8-11/h3-9,16,20H,2,10H2,1H3. The fourth-order valence-electron chi connectivity index (χ4n) is 2.15. The second-order valence-corrected chi connectivity index (χ2v) is 6.40. The van der Waals surface area contributed by atoms with Gasteiger partial charge in [-0.15, -0.1) is 0 Å². The van der Waals surface area contributed by atoms with Crippen molar-refractivity contribution >= 4 is 39.1 Å². The Bertz CT molecular complexity index is 586. The maximum absolute atomic E-state index is 6.28. The maximum atomic E-state index is 6.28. The molecule has 106 valence electrons. The summed E-state index contributed by atoms with van der Waals surface area (Å²) in [4.78, 5) is 0. The van der Waals surface area contributed by atoms with Crippen LogP contribution in [0.1, 0.15) is 30.5 Å². The molecule has 2 aromatic carbocycles.